The Morgan fingerprint density at radius 1 is 1.62 bits per heavy atom. The van der Waals surface area contributed by atoms with Crippen LogP contribution in [0.2, 0.25) is 0 Å². The molecule has 1 rings (SSSR count). The van der Waals surface area contributed by atoms with E-state index in [1.165, 1.54) is 5.06 Å². The Balaban J connectivity index is 2.45. The molecule has 76 valence electrons. The van der Waals surface area contributed by atoms with Crippen LogP contribution in [0.25, 0.3) is 0 Å². The minimum atomic E-state index is -0.187. The van der Waals surface area contributed by atoms with Crippen molar-refractivity contribution < 1.29 is 14.7 Å². The molecule has 13 heavy (non-hydrogen) atoms. The first-order valence-corrected chi connectivity index (χ1v) is 4.74. The summed E-state index contributed by atoms with van der Waals surface area (Å²) >= 11 is 0. The summed E-state index contributed by atoms with van der Waals surface area (Å²) in [5.41, 5.74) is 0. The van der Waals surface area contributed by atoms with E-state index in [1.807, 2.05) is 6.92 Å². The van der Waals surface area contributed by atoms with Crippen LogP contribution in [0.1, 0.15) is 20.3 Å². The van der Waals surface area contributed by atoms with Crippen molar-refractivity contribution in [1.29, 1.82) is 0 Å². The molecular weight excluding hydrogens is 170 g/mol. The van der Waals surface area contributed by atoms with Crippen LogP contribution in [0.4, 0.5) is 0 Å². The number of ether oxygens (including phenoxy) is 1. The zero-order valence-electron chi connectivity index (χ0n) is 8.19. The number of nitrogens with zero attached hydrogens (tertiary/aromatic N) is 1. The van der Waals surface area contributed by atoms with Gasteiger partial charge in [-0.1, -0.05) is 6.92 Å². The van der Waals surface area contributed by atoms with E-state index >= 15 is 0 Å². The van der Waals surface area contributed by atoms with Gasteiger partial charge in [0.2, 0.25) is 0 Å². The smallest absolute Gasteiger partial charge is 0.310 e. The van der Waals surface area contributed by atoms with E-state index < -0.39 is 0 Å². The molecule has 0 aromatic rings. The zero-order chi connectivity index (χ0) is 9.84. The number of hydroxylamine groups is 2. The van der Waals surface area contributed by atoms with Gasteiger partial charge >= 0.3 is 5.97 Å². The molecule has 0 aromatic carbocycles. The highest BCUT2D eigenvalue weighted by Crippen LogP contribution is 2.21. The van der Waals surface area contributed by atoms with Crippen LogP contribution in [0.5, 0.6) is 0 Å². The molecule has 1 aliphatic heterocycles. The molecule has 0 spiro atoms. The fourth-order valence-corrected chi connectivity index (χ4v) is 1.75. The van der Waals surface area contributed by atoms with Crippen molar-refractivity contribution in [2.24, 2.45) is 11.8 Å². The van der Waals surface area contributed by atoms with Crippen LogP contribution in [0.3, 0.4) is 0 Å². The largest absolute Gasteiger partial charge is 0.466 e. The highest BCUT2D eigenvalue weighted by Gasteiger charge is 2.29. The van der Waals surface area contributed by atoms with Crippen LogP contribution >= 0.6 is 0 Å². The van der Waals surface area contributed by atoms with Gasteiger partial charge in [0.25, 0.3) is 0 Å². The first-order valence-electron chi connectivity index (χ1n) is 4.74. The van der Waals surface area contributed by atoms with E-state index in [4.69, 9.17) is 4.74 Å². The highest BCUT2D eigenvalue weighted by molar-refractivity contribution is 5.72. The second-order valence-corrected chi connectivity index (χ2v) is 3.66. The van der Waals surface area contributed by atoms with Crippen LogP contribution < -0.4 is 0 Å². The second kappa shape index (κ2) is 4.58. The molecule has 0 radical (unpaired) electrons. The van der Waals surface area contributed by atoms with Crippen molar-refractivity contribution in [1.82, 2.24) is 5.06 Å². The lowest BCUT2D eigenvalue weighted by molar-refractivity contribution is -0.166. The number of piperidine rings is 1. The van der Waals surface area contributed by atoms with Crippen molar-refractivity contribution in [2.75, 3.05) is 19.7 Å². The van der Waals surface area contributed by atoms with Crippen molar-refractivity contribution in [3.63, 3.8) is 0 Å². The second-order valence-electron chi connectivity index (χ2n) is 3.66. The first kappa shape index (κ1) is 10.5. The number of hydrogen-bond donors (Lipinski definition) is 1. The predicted octanol–water partition coefficient (Wildman–Crippen LogP) is 0.897. The molecule has 4 nitrogen and oxygen atoms in total. The molecular formula is C9H17NO3. The quantitative estimate of drug-likeness (QED) is 0.652. The lowest BCUT2D eigenvalue weighted by Gasteiger charge is -2.30. The average Bonchev–Trinajstić information content (AvgIpc) is 2.03. The SMILES string of the molecule is CCOC(=O)[C@H]1C[C@@H](C)CN(O)C1. The van der Waals surface area contributed by atoms with E-state index in [-0.39, 0.29) is 11.9 Å². The normalized spacial score (nSPS) is 30.1. The molecule has 1 N–H and O–H groups in total. The average molecular weight is 187 g/mol. The van der Waals surface area contributed by atoms with Crippen molar-refractivity contribution >= 4 is 5.97 Å². The number of hydrogen-bond acceptors (Lipinski definition) is 4. The molecule has 0 aliphatic carbocycles. The van der Waals surface area contributed by atoms with Gasteiger partial charge in [0, 0.05) is 13.1 Å². The molecule has 4 heteroatoms. The van der Waals surface area contributed by atoms with Crippen LogP contribution in [-0.2, 0) is 9.53 Å². The first-order chi connectivity index (χ1) is 6.13. The van der Waals surface area contributed by atoms with Crippen molar-refractivity contribution in [3.8, 4) is 0 Å². The molecule has 0 amide bonds. The number of carbonyl (C=O) groups excluding carboxylic acids is 1. The van der Waals surface area contributed by atoms with Crippen molar-refractivity contribution in [3.05, 3.63) is 0 Å². The maximum atomic E-state index is 11.3. The summed E-state index contributed by atoms with van der Waals surface area (Å²) < 4.78 is 4.90. The third-order valence-corrected chi connectivity index (χ3v) is 2.26. The monoisotopic (exact) mass is 187 g/mol. The fraction of sp³-hybridized carbons (Fsp3) is 0.889. The standard InChI is InChI=1S/C9H17NO3/c1-3-13-9(11)8-4-7(2)5-10(12)6-8/h7-8,12H,3-6H2,1-2H3/t7-,8+/m1/s1. The predicted molar refractivity (Wildman–Crippen MR) is 47.3 cm³/mol. The van der Waals surface area contributed by atoms with Gasteiger partial charge in [-0.15, -0.1) is 0 Å². The summed E-state index contributed by atoms with van der Waals surface area (Å²) in [5, 5.41) is 10.5. The van der Waals surface area contributed by atoms with Gasteiger partial charge in [-0.05, 0) is 19.3 Å². The summed E-state index contributed by atoms with van der Waals surface area (Å²) in [5.74, 6) is 0.00922. The van der Waals surface area contributed by atoms with Crippen LogP contribution in [0, 0.1) is 11.8 Å². The summed E-state index contributed by atoms with van der Waals surface area (Å²) in [4.78, 5) is 11.3. The lowest BCUT2D eigenvalue weighted by Crippen LogP contribution is -2.41. The maximum Gasteiger partial charge on any atom is 0.310 e. The van der Waals surface area contributed by atoms with E-state index in [9.17, 15) is 10.0 Å². The van der Waals surface area contributed by atoms with E-state index in [0.717, 1.165) is 6.42 Å². The third-order valence-electron chi connectivity index (χ3n) is 2.26. The molecule has 0 unspecified atom stereocenters. The van der Waals surface area contributed by atoms with E-state index in [0.29, 0.717) is 25.6 Å². The molecule has 0 saturated carbocycles. The number of esters is 1. The summed E-state index contributed by atoms with van der Waals surface area (Å²) in [6.45, 7) is 5.28. The van der Waals surface area contributed by atoms with Gasteiger partial charge in [0.05, 0.1) is 12.5 Å². The van der Waals surface area contributed by atoms with Crippen molar-refractivity contribution in [2.45, 2.75) is 20.3 Å². The molecule has 1 heterocycles. The Kier molecular flexibility index (Phi) is 3.69. The lowest BCUT2D eigenvalue weighted by atomic mass is 9.92. The summed E-state index contributed by atoms with van der Waals surface area (Å²) in [6.07, 6.45) is 0.815. The van der Waals surface area contributed by atoms with E-state index in [2.05, 4.69) is 0 Å². The van der Waals surface area contributed by atoms with Crippen LogP contribution in [0.15, 0.2) is 0 Å². The molecule has 0 bridgehead atoms. The molecule has 1 fully saturated rings. The minimum Gasteiger partial charge on any atom is -0.466 e. The topological polar surface area (TPSA) is 49.8 Å². The van der Waals surface area contributed by atoms with Gasteiger partial charge in [-0.25, -0.2) is 0 Å². The minimum absolute atomic E-state index is 0.159. The number of rotatable bonds is 2. The van der Waals surface area contributed by atoms with Gasteiger partial charge in [0.15, 0.2) is 0 Å². The Bertz CT molecular complexity index is 174. The Labute approximate surface area is 78.4 Å². The van der Waals surface area contributed by atoms with Gasteiger partial charge in [-0.2, -0.15) is 5.06 Å². The maximum absolute atomic E-state index is 11.3. The van der Waals surface area contributed by atoms with Crippen LogP contribution in [-0.4, -0.2) is 35.9 Å². The molecule has 1 saturated heterocycles. The number of carbonyl (C=O) groups is 1. The zero-order valence-corrected chi connectivity index (χ0v) is 8.19. The summed E-state index contributed by atoms with van der Waals surface area (Å²) in [7, 11) is 0. The summed E-state index contributed by atoms with van der Waals surface area (Å²) in [6, 6.07) is 0. The molecule has 0 aromatic heterocycles. The Hall–Kier alpha value is -0.610. The van der Waals surface area contributed by atoms with Gasteiger partial charge in [-0.3, -0.25) is 4.79 Å². The Morgan fingerprint density at radius 2 is 2.31 bits per heavy atom. The molecule has 2 atom stereocenters. The molecule has 1 aliphatic rings. The Morgan fingerprint density at radius 3 is 2.85 bits per heavy atom. The van der Waals surface area contributed by atoms with E-state index in [1.54, 1.807) is 6.92 Å². The third kappa shape index (κ3) is 2.97. The fourth-order valence-electron chi connectivity index (χ4n) is 1.75. The van der Waals surface area contributed by atoms with Gasteiger partial charge in [0.1, 0.15) is 0 Å². The highest BCUT2D eigenvalue weighted by atomic mass is 16.5. The van der Waals surface area contributed by atoms with Gasteiger partial charge < -0.3 is 9.94 Å².